The standard InChI is InChI=1S/C12H15ClF2N2O3/c1-7(18)4-5-16-12(19)17-8-2-3-9(13)10(6-8)20-11(14)15/h2-3,6-7,11,18H,4-5H2,1H3,(H2,16,17,19). The number of anilines is 1. The molecule has 3 N–H and O–H groups in total. The Balaban J connectivity index is 2.57. The maximum atomic E-state index is 12.1. The van der Waals surface area contributed by atoms with Crippen molar-refractivity contribution in [3.05, 3.63) is 23.2 Å². The number of halogens is 3. The molecule has 1 rings (SSSR count). The normalized spacial score (nSPS) is 12.1. The van der Waals surface area contributed by atoms with Crippen LogP contribution in [0.25, 0.3) is 0 Å². The Morgan fingerprint density at radius 1 is 1.50 bits per heavy atom. The Hall–Kier alpha value is -1.60. The summed E-state index contributed by atoms with van der Waals surface area (Å²) in [6, 6.07) is 3.47. The largest absolute Gasteiger partial charge is 0.433 e. The van der Waals surface area contributed by atoms with E-state index in [1.165, 1.54) is 18.2 Å². The lowest BCUT2D eigenvalue weighted by Crippen LogP contribution is -2.30. The number of aliphatic hydroxyl groups is 1. The zero-order chi connectivity index (χ0) is 15.1. The van der Waals surface area contributed by atoms with Crippen LogP contribution >= 0.6 is 11.6 Å². The number of carbonyl (C=O) groups excluding carboxylic acids is 1. The molecule has 1 aromatic carbocycles. The van der Waals surface area contributed by atoms with Gasteiger partial charge >= 0.3 is 12.6 Å². The van der Waals surface area contributed by atoms with Crippen LogP contribution in [0.4, 0.5) is 19.3 Å². The molecular weight excluding hydrogens is 294 g/mol. The second-order valence-corrected chi connectivity index (χ2v) is 4.45. The quantitative estimate of drug-likeness (QED) is 0.757. The monoisotopic (exact) mass is 308 g/mol. The van der Waals surface area contributed by atoms with E-state index in [-0.39, 0.29) is 23.0 Å². The number of ether oxygens (including phenoxy) is 1. The van der Waals surface area contributed by atoms with Gasteiger partial charge in [0.05, 0.1) is 11.1 Å². The van der Waals surface area contributed by atoms with Crippen molar-refractivity contribution in [1.82, 2.24) is 5.32 Å². The molecular formula is C12H15ClF2N2O3. The Morgan fingerprint density at radius 3 is 2.80 bits per heavy atom. The van der Waals surface area contributed by atoms with Crippen LogP contribution in [0, 0.1) is 0 Å². The summed E-state index contributed by atoms with van der Waals surface area (Å²) in [5.41, 5.74) is 0.264. The topological polar surface area (TPSA) is 70.6 Å². The van der Waals surface area contributed by atoms with Crippen molar-refractivity contribution in [1.29, 1.82) is 0 Å². The number of aliphatic hydroxyl groups excluding tert-OH is 1. The predicted molar refractivity (Wildman–Crippen MR) is 71.4 cm³/mol. The van der Waals surface area contributed by atoms with Gasteiger partial charge in [-0.05, 0) is 25.5 Å². The zero-order valence-electron chi connectivity index (χ0n) is 10.7. The third-order valence-electron chi connectivity index (χ3n) is 2.25. The lowest BCUT2D eigenvalue weighted by atomic mass is 10.3. The smallest absolute Gasteiger partial charge is 0.387 e. The molecule has 112 valence electrons. The number of rotatable bonds is 6. The molecule has 1 aromatic rings. The van der Waals surface area contributed by atoms with Gasteiger partial charge in [0, 0.05) is 18.3 Å². The maximum absolute atomic E-state index is 12.1. The van der Waals surface area contributed by atoms with Gasteiger partial charge in [0.1, 0.15) is 5.75 Å². The first-order valence-electron chi connectivity index (χ1n) is 5.85. The lowest BCUT2D eigenvalue weighted by Gasteiger charge is -2.11. The van der Waals surface area contributed by atoms with Gasteiger partial charge in [-0.15, -0.1) is 0 Å². The van der Waals surface area contributed by atoms with E-state index in [4.69, 9.17) is 16.7 Å². The molecule has 8 heteroatoms. The SMILES string of the molecule is CC(O)CCNC(=O)Nc1ccc(Cl)c(OC(F)F)c1. The van der Waals surface area contributed by atoms with Crippen LogP contribution in [0.5, 0.6) is 5.75 Å². The summed E-state index contributed by atoms with van der Waals surface area (Å²) in [6.45, 7) is -1.10. The van der Waals surface area contributed by atoms with Crippen molar-refractivity contribution in [3.8, 4) is 5.75 Å². The van der Waals surface area contributed by atoms with Crippen molar-refractivity contribution >= 4 is 23.3 Å². The molecule has 20 heavy (non-hydrogen) atoms. The van der Waals surface area contributed by atoms with E-state index in [1.807, 2.05) is 0 Å². The van der Waals surface area contributed by atoms with Crippen molar-refractivity contribution in [2.24, 2.45) is 0 Å². The van der Waals surface area contributed by atoms with Crippen molar-refractivity contribution < 1.29 is 23.4 Å². The van der Waals surface area contributed by atoms with E-state index >= 15 is 0 Å². The van der Waals surface area contributed by atoms with Crippen LogP contribution in [0.15, 0.2) is 18.2 Å². The van der Waals surface area contributed by atoms with E-state index in [2.05, 4.69) is 15.4 Å². The predicted octanol–water partition coefficient (Wildman–Crippen LogP) is 2.83. The molecule has 1 atom stereocenters. The highest BCUT2D eigenvalue weighted by Crippen LogP contribution is 2.29. The third kappa shape index (κ3) is 6.03. The minimum atomic E-state index is -3.00. The minimum absolute atomic E-state index is 0.0189. The second kappa shape index (κ2) is 7.86. The summed E-state index contributed by atoms with van der Waals surface area (Å²) >= 11 is 5.68. The van der Waals surface area contributed by atoms with Crippen molar-refractivity contribution in [3.63, 3.8) is 0 Å². The summed E-state index contributed by atoms with van der Waals surface area (Å²) in [5.74, 6) is -0.219. The lowest BCUT2D eigenvalue weighted by molar-refractivity contribution is -0.0497. The van der Waals surface area contributed by atoms with Crippen LogP contribution in [0.2, 0.25) is 5.02 Å². The Morgan fingerprint density at radius 2 is 2.20 bits per heavy atom. The average Bonchev–Trinajstić information content (AvgIpc) is 2.32. The summed E-state index contributed by atoms with van der Waals surface area (Å²) in [5, 5.41) is 14.0. The molecule has 0 saturated heterocycles. The summed E-state index contributed by atoms with van der Waals surface area (Å²) in [4.78, 5) is 11.5. The molecule has 0 aliphatic heterocycles. The molecule has 0 fully saturated rings. The van der Waals surface area contributed by atoms with E-state index < -0.39 is 18.7 Å². The first kappa shape index (κ1) is 16.5. The maximum Gasteiger partial charge on any atom is 0.387 e. The number of nitrogens with one attached hydrogen (secondary N) is 2. The first-order valence-corrected chi connectivity index (χ1v) is 6.23. The number of carbonyl (C=O) groups is 1. The van der Waals surface area contributed by atoms with Crippen LogP contribution in [0.3, 0.4) is 0 Å². The van der Waals surface area contributed by atoms with Gasteiger partial charge in [-0.1, -0.05) is 11.6 Å². The minimum Gasteiger partial charge on any atom is -0.433 e. The highest BCUT2D eigenvalue weighted by molar-refractivity contribution is 6.32. The fraction of sp³-hybridized carbons (Fsp3) is 0.417. The molecule has 0 heterocycles. The van der Waals surface area contributed by atoms with Crippen LogP contribution in [-0.2, 0) is 0 Å². The molecule has 0 bridgehead atoms. The van der Waals surface area contributed by atoms with Gasteiger partial charge in [-0.3, -0.25) is 0 Å². The molecule has 0 radical (unpaired) electrons. The molecule has 0 aliphatic rings. The van der Waals surface area contributed by atoms with Crippen molar-refractivity contribution in [2.75, 3.05) is 11.9 Å². The van der Waals surface area contributed by atoms with E-state index in [0.717, 1.165) is 0 Å². The number of hydrogen-bond donors (Lipinski definition) is 3. The highest BCUT2D eigenvalue weighted by atomic mass is 35.5. The molecule has 2 amide bonds. The number of alkyl halides is 2. The van der Waals surface area contributed by atoms with Gasteiger partial charge in [-0.2, -0.15) is 8.78 Å². The Labute approximate surface area is 119 Å². The van der Waals surface area contributed by atoms with Crippen LogP contribution in [0.1, 0.15) is 13.3 Å². The first-order chi connectivity index (χ1) is 9.38. The number of amides is 2. The molecule has 0 spiro atoms. The van der Waals surface area contributed by atoms with Gasteiger partial charge in [0.2, 0.25) is 0 Å². The van der Waals surface area contributed by atoms with Gasteiger partial charge in [0.25, 0.3) is 0 Å². The van der Waals surface area contributed by atoms with Gasteiger partial charge in [0.15, 0.2) is 0 Å². The highest BCUT2D eigenvalue weighted by Gasteiger charge is 2.10. The van der Waals surface area contributed by atoms with Crippen LogP contribution < -0.4 is 15.4 Å². The van der Waals surface area contributed by atoms with Gasteiger partial charge in [-0.25, -0.2) is 4.79 Å². The second-order valence-electron chi connectivity index (χ2n) is 4.04. The molecule has 5 nitrogen and oxygen atoms in total. The summed E-state index contributed by atoms with van der Waals surface area (Å²) in [6.07, 6.45) is -0.106. The third-order valence-corrected chi connectivity index (χ3v) is 2.57. The zero-order valence-corrected chi connectivity index (χ0v) is 11.5. The summed E-state index contributed by atoms with van der Waals surface area (Å²) in [7, 11) is 0. The van der Waals surface area contributed by atoms with E-state index in [9.17, 15) is 13.6 Å². The number of urea groups is 1. The van der Waals surface area contributed by atoms with E-state index in [0.29, 0.717) is 6.42 Å². The Bertz CT molecular complexity index is 458. The van der Waals surface area contributed by atoms with Crippen LogP contribution in [-0.4, -0.2) is 30.4 Å². The molecule has 1 unspecified atom stereocenters. The van der Waals surface area contributed by atoms with Crippen molar-refractivity contribution in [2.45, 2.75) is 26.1 Å². The average molecular weight is 309 g/mol. The molecule has 0 saturated carbocycles. The number of hydrogen-bond acceptors (Lipinski definition) is 3. The molecule has 0 aromatic heterocycles. The van der Waals surface area contributed by atoms with Gasteiger partial charge < -0.3 is 20.5 Å². The van der Waals surface area contributed by atoms with E-state index in [1.54, 1.807) is 6.92 Å². The summed E-state index contributed by atoms with van der Waals surface area (Å²) < 4.78 is 28.5. The molecule has 0 aliphatic carbocycles. The Kier molecular flexibility index (Phi) is 6.47. The number of benzene rings is 1. The fourth-order valence-electron chi connectivity index (χ4n) is 1.34. The fourth-order valence-corrected chi connectivity index (χ4v) is 1.50.